The molecule has 2 fully saturated rings. The third-order valence-corrected chi connectivity index (χ3v) is 5.50. The molecule has 0 N–H and O–H groups in total. The van der Waals surface area contributed by atoms with Gasteiger partial charge in [0.1, 0.15) is 5.76 Å². The fraction of sp³-hybridized carbons (Fsp3) is 0.706. The standard InChI is InChI=1S/C17H26N4O3/c1-13-10-14(24-18-13)11-16(23)21-9-8-20(3)17(12-21)5-4-15(22)19(2)7-6-17/h10H,4-9,11-12H2,1-3H3/t17-/m1/s1. The molecule has 2 aliphatic heterocycles. The van der Waals surface area contributed by atoms with E-state index in [-0.39, 0.29) is 23.8 Å². The zero-order valence-corrected chi connectivity index (χ0v) is 14.7. The second-order valence-electron chi connectivity index (χ2n) is 7.14. The van der Waals surface area contributed by atoms with Crippen LogP contribution in [0.15, 0.2) is 10.6 Å². The van der Waals surface area contributed by atoms with Crippen LogP contribution in [0.3, 0.4) is 0 Å². The molecular formula is C17H26N4O3. The molecule has 132 valence electrons. The van der Waals surface area contributed by atoms with Crippen molar-refractivity contribution in [1.29, 1.82) is 0 Å². The lowest BCUT2D eigenvalue weighted by atomic mass is 9.86. The summed E-state index contributed by atoms with van der Waals surface area (Å²) in [6.07, 6.45) is 2.50. The second kappa shape index (κ2) is 6.55. The average Bonchev–Trinajstić information content (AvgIpc) is 2.90. The number of carbonyl (C=O) groups excluding carboxylic acids is 2. The molecule has 3 rings (SSSR count). The molecule has 2 aliphatic rings. The van der Waals surface area contributed by atoms with E-state index in [1.807, 2.05) is 24.9 Å². The number of hydrogen-bond donors (Lipinski definition) is 0. The summed E-state index contributed by atoms with van der Waals surface area (Å²) in [4.78, 5) is 30.7. The van der Waals surface area contributed by atoms with Crippen molar-refractivity contribution in [2.45, 2.75) is 38.1 Å². The molecule has 7 nitrogen and oxygen atoms in total. The number of aromatic nitrogens is 1. The first kappa shape index (κ1) is 17.0. The number of carbonyl (C=O) groups is 2. The Labute approximate surface area is 142 Å². The number of likely N-dealkylation sites (N-methyl/N-ethyl adjacent to an activating group) is 1. The summed E-state index contributed by atoms with van der Waals surface area (Å²) in [5.41, 5.74) is 0.684. The maximum atomic E-state index is 12.7. The summed E-state index contributed by atoms with van der Waals surface area (Å²) in [5.74, 6) is 0.879. The van der Waals surface area contributed by atoms with E-state index >= 15 is 0 Å². The number of likely N-dealkylation sites (tertiary alicyclic amines) is 1. The molecule has 1 spiro atoms. The Kier molecular flexibility index (Phi) is 4.62. The van der Waals surface area contributed by atoms with Gasteiger partial charge in [0.15, 0.2) is 0 Å². The van der Waals surface area contributed by atoms with Gasteiger partial charge in [0, 0.05) is 51.3 Å². The molecule has 2 saturated heterocycles. The minimum atomic E-state index is -0.105. The van der Waals surface area contributed by atoms with Crippen LogP contribution in [0.1, 0.15) is 30.7 Å². The lowest BCUT2D eigenvalue weighted by Gasteiger charge is -2.49. The highest BCUT2D eigenvalue weighted by molar-refractivity contribution is 5.79. The molecular weight excluding hydrogens is 308 g/mol. The van der Waals surface area contributed by atoms with E-state index in [4.69, 9.17) is 4.52 Å². The van der Waals surface area contributed by atoms with E-state index in [1.165, 1.54) is 0 Å². The zero-order valence-electron chi connectivity index (χ0n) is 14.7. The van der Waals surface area contributed by atoms with Crippen molar-refractivity contribution in [2.75, 3.05) is 40.3 Å². The van der Waals surface area contributed by atoms with Gasteiger partial charge in [0.05, 0.1) is 12.1 Å². The number of piperazine rings is 1. The van der Waals surface area contributed by atoms with Gasteiger partial charge in [-0.3, -0.25) is 14.5 Å². The summed E-state index contributed by atoms with van der Waals surface area (Å²) < 4.78 is 5.17. The van der Waals surface area contributed by atoms with Crippen LogP contribution < -0.4 is 0 Å². The smallest absolute Gasteiger partial charge is 0.230 e. The molecule has 0 radical (unpaired) electrons. The van der Waals surface area contributed by atoms with Crippen LogP contribution in [-0.2, 0) is 16.0 Å². The maximum Gasteiger partial charge on any atom is 0.230 e. The zero-order chi connectivity index (χ0) is 17.3. The third kappa shape index (κ3) is 3.31. The summed E-state index contributed by atoms with van der Waals surface area (Å²) in [5, 5.41) is 3.84. The van der Waals surface area contributed by atoms with Gasteiger partial charge < -0.3 is 14.3 Å². The Morgan fingerprint density at radius 2 is 2.08 bits per heavy atom. The van der Waals surface area contributed by atoms with E-state index < -0.39 is 0 Å². The predicted octanol–water partition coefficient (Wildman–Crippen LogP) is 0.681. The van der Waals surface area contributed by atoms with Crippen molar-refractivity contribution < 1.29 is 14.1 Å². The number of amides is 2. The Morgan fingerprint density at radius 3 is 2.79 bits per heavy atom. The van der Waals surface area contributed by atoms with Crippen molar-refractivity contribution in [3.8, 4) is 0 Å². The predicted molar refractivity (Wildman–Crippen MR) is 88.4 cm³/mol. The third-order valence-electron chi connectivity index (χ3n) is 5.50. The summed E-state index contributed by atoms with van der Waals surface area (Å²) >= 11 is 0. The van der Waals surface area contributed by atoms with Crippen molar-refractivity contribution in [3.63, 3.8) is 0 Å². The Morgan fingerprint density at radius 1 is 1.29 bits per heavy atom. The van der Waals surface area contributed by atoms with E-state index in [1.54, 1.807) is 4.90 Å². The fourth-order valence-corrected chi connectivity index (χ4v) is 3.73. The summed E-state index contributed by atoms with van der Waals surface area (Å²) in [7, 11) is 3.97. The number of nitrogens with zero attached hydrogens (tertiary/aromatic N) is 4. The lowest BCUT2D eigenvalue weighted by Crippen LogP contribution is -2.62. The van der Waals surface area contributed by atoms with Gasteiger partial charge in [-0.1, -0.05) is 5.16 Å². The Bertz CT molecular complexity index is 629. The van der Waals surface area contributed by atoms with Crippen LogP contribution in [0, 0.1) is 6.92 Å². The highest BCUT2D eigenvalue weighted by Crippen LogP contribution is 2.32. The molecule has 1 atom stereocenters. The minimum Gasteiger partial charge on any atom is -0.361 e. The van der Waals surface area contributed by atoms with Crippen molar-refractivity contribution in [3.05, 3.63) is 17.5 Å². The second-order valence-corrected chi connectivity index (χ2v) is 7.14. The maximum absolute atomic E-state index is 12.7. The molecule has 1 aromatic rings. The first-order valence-corrected chi connectivity index (χ1v) is 8.55. The number of hydrogen-bond acceptors (Lipinski definition) is 5. The van der Waals surface area contributed by atoms with Gasteiger partial charge in [-0.05, 0) is 26.8 Å². The van der Waals surface area contributed by atoms with Crippen LogP contribution >= 0.6 is 0 Å². The van der Waals surface area contributed by atoms with Crippen LogP contribution in [-0.4, -0.2) is 77.5 Å². The van der Waals surface area contributed by atoms with E-state index in [0.29, 0.717) is 25.3 Å². The Hall–Kier alpha value is -1.89. The minimum absolute atomic E-state index is 0.0718. The van der Waals surface area contributed by atoms with E-state index in [0.717, 1.165) is 31.6 Å². The summed E-state index contributed by atoms with van der Waals surface area (Å²) in [6.45, 7) is 4.82. The van der Waals surface area contributed by atoms with Gasteiger partial charge in [-0.15, -0.1) is 0 Å². The average molecular weight is 334 g/mol. The quantitative estimate of drug-likeness (QED) is 0.795. The highest BCUT2D eigenvalue weighted by Gasteiger charge is 2.42. The van der Waals surface area contributed by atoms with Crippen LogP contribution in [0.5, 0.6) is 0 Å². The van der Waals surface area contributed by atoms with Crippen molar-refractivity contribution >= 4 is 11.8 Å². The van der Waals surface area contributed by atoms with Gasteiger partial charge in [-0.2, -0.15) is 0 Å². The van der Waals surface area contributed by atoms with Gasteiger partial charge >= 0.3 is 0 Å². The Balaban J connectivity index is 1.70. The fourth-order valence-electron chi connectivity index (χ4n) is 3.73. The lowest BCUT2D eigenvalue weighted by molar-refractivity contribution is -0.136. The monoisotopic (exact) mass is 334 g/mol. The highest BCUT2D eigenvalue weighted by atomic mass is 16.5. The van der Waals surface area contributed by atoms with Crippen LogP contribution in [0.25, 0.3) is 0 Å². The molecule has 24 heavy (non-hydrogen) atoms. The molecule has 2 amide bonds. The molecule has 0 bridgehead atoms. The normalized spacial score (nSPS) is 26.0. The topological polar surface area (TPSA) is 69.9 Å². The van der Waals surface area contributed by atoms with Gasteiger partial charge in [-0.25, -0.2) is 0 Å². The molecule has 0 saturated carbocycles. The van der Waals surface area contributed by atoms with E-state index in [9.17, 15) is 9.59 Å². The SMILES string of the molecule is Cc1cc(CC(=O)N2CCN(C)[C@@]3(CCC(=O)N(C)CC3)C2)on1. The number of rotatable bonds is 2. The molecule has 3 heterocycles. The first-order chi connectivity index (χ1) is 11.4. The molecule has 7 heteroatoms. The molecule has 0 unspecified atom stereocenters. The van der Waals surface area contributed by atoms with Crippen molar-refractivity contribution in [1.82, 2.24) is 19.9 Å². The number of aryl methyl sites for hydroxylation is 1. The van der Waals surface area contributed by atoms with Crippen LogP contribution in [0.4, 0.5) is 0 Å². The van der Waals surface area contributed by atoms with Gasteiger partial charge in [0.2, 0.25) is 11.8 Å². The molecule has 0 aromatic carbocycles. The van der Waals surface area contributed by atoms with Gasteiger partial charge in [0.25, 0.3) is 0 Å². The van der Waals surface area contributed by atoms with Crippen LogP contribution in [0.2, 0.25) is 0 Å². The van der Waals surface area contributed by atoms with Crippen molar-refractivity contribution in [2.24, 2.45) is 0 Å². The molecule has 1 aromatic heterocycles. The molecule has 0 aliphatic carbocycles. The summed E-state index contributed by atoms with van der Waals surface area (Å²) in [6, 6.07) is 1.81. The first-order valence-electron chi connectivity index (χ1n) is 8.55. The largest absolute Gasteiger partial charge is 0.361 e. The van der Waals surface area contributed by atoms with E-state index in [2.05, 4.69) is 17.1 Å².